The Morgan fingerprint density at radius 2 is 1.38 bits per heavy atom. The van der Waals surface area contributed by atoms with Gasteiger partial charge in [0.25, 0.3) is 0 Å². The van der Waals surface area contributed by atoms with Crippen LogP contribution in [0.5, 0.6) is 0 Å². The molecule has 0 spiro atoms. The van der Waals surface area contributed by atoms with Crippen LogP contribution in [0.4, 0.5) is 43.9 Å². The lowest BCUT2D eigenvalue weighted by molar-refractivity contribution is -0.480. The monoisotopic (exact) mass is 339 g/mol. The summed E-state index contributed by atoms with van der Waals surface area (Å²) in [5.74, 6) is 0. The SMILES string of the molecule is CCOC(F)(F)C(F)(F)N(C(F)(F)F)C(F)(F)CCCF. The second-order valence-corrected chi connectivity index (χ2v) is 3.75. The summed E-state index contributed by atoms with van der Waals surface area (Å²) in [6, 6.07) is -11.8. The van der Waals surface area contributed by atoms with Crippen molar-refractivity contribution in [2.24, 2.45) is 0 Å². The fourth-order valence-electron chi connectivity index (χ4n) is 1.34. The summed E-state index contributed by atoms with van der Waals surface area (Å²) in [5.41, 5.74) is 0. The molecule has 0 aromatic heterocycles. The molecule has 0 atom stereocenters. The second kappa shape index (κ2) is 6.55. The van der Waals surface area contributed by atoms with Gasteiger partial charge in [0, 0.05) is 6.42 Å². The van der Waals surface area contributed by atoms with E-state index in [0.29, 0.717) is 0 Å². The minimum atomic E-state index is -6.51. The maximum Gasteiger partial charge on any atom is 0.469 e. The lowest BCUT2D eigenvalue weighted by Gasteiger charge is -2.40. The van der Waals surface area contributed by atoms with E-state index in [1.165, 1.54) is 0 Å². The Morgan fingerprint density at radius 3 is 1.71 bits per heavy atom. The van der Waals surface area contributed by atoms with Crippen LogP contribution in [0, 0.1) is 0 Å². The lowest BCUT2D eigenvalue weighted by Crippen LogP contribution is -2.66. The third-order valence-corrected chi connectivity index (χ3v) is 2.15. The standard InChI is InChI=1S/C9H11F10NO/c1-2-21-8(15,16)7(13,14)20(9(17,18)19)6(11,12)4-3-5-10/h2-5H2,1H3. The van der Waals surface area contributed by atoms with Gasteiger partial charge in [0.05, 0.1) is 13.3 Å². The number of halogens is 10. The van der Waals surface area contributed by atoms with Gasteiger partial charge in [0.1, 0.15) is 0 Å². The Labute approximate surface area is 112 Å². The Bertz CT molecular complexity index is 329. The quantitative estimate of drug-likeness (QED) is 0.481. The number of rotatable bonds is 8. The Morgan fingerprint density at radius 1 is 0.905 bits per heavy atom. The second-order valence-electron chi connectivity index (χ2n) is 3.75. The molecule has 0 radical (unpaired) electrons. The van der Waals surface area contributed by atoms with Crippen LogP contribution in [0.25, 0.3) is 0 Å². The highest BCUT2D eigenvalue weighted by Gasteiger charge is 2.74. The molecular formula is C9H11F10NO. The molecule has 0 fully saturated rings. The topological polar surface area (TPSA) is 12.5 Å². The summed E-state index contributed by atoms with van der Waals surface area (Å²) in [5, 5.41) is 0. The van der Waals surface area contributed by atoms with E-state index in [9.17, 15) is 43.9 Å². The zero-order chi connectivity index (χ0) is 17.1. The highest BCUT2D eigenvalue weighted by Crippen LogP contribution is 2.49. The van der Waals surface area contributed by atoms with Crippen molar-refractivity contribution in [2.75, 3.05) is 13.3 Å². The molecule has 0 aromatic rings. The first-order valence-electron chi connectivity index (χ1n) is 5.44. The lowest BCUT2D eigenvalue weighted by atomic mass is 10.2. The molecule has 21 heavy (non-hydrogen) atoms. The van der Waals surface area contributed by atoms with Crippen molar-refractivity contribution >= 4 is 0 Å². The van der Waals surface area contributed by atoms with Gasteiger partial charge in [-0.2, -0.15) is 39.5 Å². The zero-order valence-electron chi connectivity index (χ0n) is 10.5. The molecule has 0 saturated carbocycles. The van der Waals surface area contributed by atoms with Crippen LogP contribution in [0.2, 0.25) is 0 Å². The van der Waals surface area contributed by atoms with Crippen molar-refractivity contribution in [1.82, 2.24) is 4.90 Å². The van der Waals surface area contributed by atoms with E-state index >= 15 is 0 Å². The smallest absolute Gasteiger partial charge is 0.315 e. The van der Waals surface area contributed by atoms with Gasteiger partial charge in [0.15, 0.2) is 0 Å². The van der Waals surface area contributed by atoms with Gasteiger partial charge < -0.3 is 4.74 Å². The number of hydrogen-bond acceptors (Lipinski definition) is 2. The average molecular weight is 339 g/mol. The molecule has 12 heteroatoms. The molecule has 0 aromatic carbocycles. The van der Waals surface area contributed by atoms with Crippen molar-refractivity contribution in [1.29, 1.82) is 0 Å². The van der Waals surface area contributed by atoms with Gasteiger partial charge in [0.2, 0.25) is 0 Å². The summed E-state index contributed by atoms with van der Waals surface area (Å²) >= 11 is 0. The fourth-order valence-corrected chi connectivity index (χ4v) is 1.34. The van der Waals surface area contributed by atoms with Crippen LogP contribution in [0.15, 0.2) is 0 Å². The first-order valence-corrected chi connectivity index (χ1v) is 5.44. The van der Waals surface area contributed by atoms with E-state index in [2.05, 4.69) is 4.74 Å². The van der Waals surface area contributed by atoms with E-state index < -0.39 is 55.5 Å². The molecule has 0 amide bonds. The highest BCUT2D eigenvalue weighted by molar-refractivity contribution is 4.86. The molecule has 2 nitrogen and oxygen atoms in total. The summed E-state index contributed by atoms with van der Waals surface area (Å²) in [6.07, 6.45) is -15.6. The molecule has 128 valence electrons. The Hall–Kier alpha value is -0.780. The molecule has 0 aliphatic heterocycles. The van der Waals surface area contributed by atoms with Crippen LogP contribution < -0.4 is 0 Å². The Balaban J connectivity index is 5.73. The van der Waals surface area contributed by atoms with Crippen LogP contribution in [-0.2, 0) is 4.74 Å². The number of hydrogen-bond donors (Lipinski definition) is 0. The van der Waals surface area contributed by atoms with Crippen LogP contribution in [0.3, 0.4) is 0 Å². The largest absolute Gasteiger partial charge is 0.469 e. The van der Waals surface area contributed by atoms with E-state index in [1.807, 2.05) is 0 Å². The fraction of sp³-hybridized carbons (Fsp3) is 1.00. The van der Waals surface area contributed by atoms with E-state index in [-0.39, 0.29) is 0 Å². The maximum atomic E-state index is 13.2. The van der Waals surface area contributed by atoms with E-state index in [4.69, 9.17) is 0 Å². The summed E-state index contributed by atoms with van der Waals surface area (Å²) < 4.78 is 131. The number of alkyl halides is 10. The van der Waals surface area contributed by atoms with Crippen molar-refractivity contribution < 1.29 is 48.6 Å². The first kappa shape index (κ1) is 20.2. The molecule has 0 heterocycles. The number of nitrogens with zero attached hydrogens (tertiary/aromatic N) is 1. The first-order chi connectivity index (χ1) is 9.24. The van der Waals surface area contributed by atoms with Gasteiger partial charge in [-0.3, -0.25) is 4.39 Å². The predicted octanol–water partition coefficient (Wildman–Crippen LogP) is 4.37. The van der Waals surface area contributed by atoms with Crippen molar-refractivity contribution in [3.63, 3.8) is 0 Å². The molecular weight excluding hydrogens is 328 g/mol. The van der Waals surface area contributed by atoms with Gasteiger partial charge >= 0.3 is 24.5 Å². The molecule has 0 saturated heterocycles. The molecule has 0 bridgehead atoms. The van der Waals surface area contributed by atoms with Gasteiger partial charge in [-0.05, 0) is 13.3 Å². The summed E-state index contributed by atoms with van der Waals surface area (Å²) in [4.78, 5) is -2.90. The van der Waals surface area contributed by atoms with Gasteiger partial charge in [-0.1, -0.05) is 4.90 Å². The van der Waals surface area contributed by atoms with Crippen molar-refractivity contribution in [3.8, 4) is 0 Å². The molecule has 0 unspecified atom stereocenters. The molecule has 0 rings (SSSR count). The highest BCUT2D eigenvalue weighted by atomic mass is 19.4. The van der Waals surface area contributed by atoms with Gasteiger partial charge in [-0.25, -0.2) is 0 Å². The normalized spacial score (nSPS) is 14.9. The van der Waals surface area contributed by atoms with Crippen molar-refractivity contribution in [2.45, 2.75) is 44.3 Å². The summed E-state index contributed by atoms with van der Waals surface area (Å²) in [7, 11) is 0. The van der Waals surface area contributed by atoms with Crippen LogP contribution >= 0.6 is 0 Å². The van der Waals surface area contributed by atoms with Crippen LogP contribution in [0.1, 0.15) is 19.8 Å². The predicted molar refractivity (Wildman–Crippen MR) is 49.6 cm³/mol. The number of ether oxygens (including phenoxy) is 1. The van der Waals surface area contributed by atoms with Gasteiger partial charge in [-0.15, -0.1) is 0 Å². The third-order valence-electron chi connectivity index (χ3n) is 2.15. The minimum Gasteiger partial charge on any atom is -0.315 e. The molecule has 0 aliphatic carbocycles. The minimum absolute atomic E-state index is 0.753. The average Bonchev–Trinajstić information content (AvgIpc) is 2.22. The molecule has 0 N–H and O–H groups in total. The van der Waals surface area contributed by atoms with Crippen molar-refractivity contribution in [3.05, 3.63) is 0 Å². The van der Waals surface area contributed by atoms with E-state index in [1.54, 1.807) is 0 Å². The third kappa shape index (κ3) is 4.59. The zero-order valence-corrected chi connectivity index (χ0v) is 10.5. The summed E-state index contributed by atoms with van der Waals surface area (Å²) in [6.45, 7) is -1.93. The van der Waals surface area contributed by atoms with E-state index in [0.717, 1.165) is 6.92 Å². The Kier molecular flexibility index (Phi) is 6.30. The maximum absolute atomic E-state index is 13.2. The van der Waals surface area contributed by atoms with Crippen LogP contribution in [-0.4, -0.2) is 42.7 Å². The molecule has 0 aliphatic rings.